The van der Waals surface area contributed by atoms with Crippen LogP contribution < -0.4 is 0 Å². The second-order valence-corrected chi connectivity index (χ2v) is 4.34. The Morgan fingerprint density at radius 3 is 2.60 bits per heavy atom. The van der Waals surface area contributed by atoms with Gasteiger partial charge in [0.05, 0.1) is 23.2 Å². The minimum Gasteiger partial charge on any atom is -0.351 e. The Hall–Kier alpha value is -2.37. The second-order valence-electron chi connectivity index (χ2n) is 4.34. The summed E-state index contributed by atoms with van der Waals surface area (Å²) in [4.78, 5) is 6.19. The van der Waals surface area contributed by atoms with E-state index in [2.05, 4.69) is 9.98 Å². The van der Waals surface area contributed by atoms with Crippen LogP contribution in [0.15, 0.2) is 23.2 Å². The minimum absolute atomic E-state index is 0.00605. The molecule has 0 aliphatic rings. The summed E-state index contributed by atoms with van der Waals surface area (Å²) >= 11 is 0. The lowest BCUT2D eigenvalue weighted by Crippen LogP contribution is -1.94. The number of nitrogens with one attached hydrogen (secondary N) is 2. The zero-order chi connectivity index (χ0) is 14.9. The molecule has 1 heterocycles. The Kier molecular flexibility index (Phi) is 3.74. The Balaban J connectivity index is 2.53. The number of H-pyrrole nitrogens is 1. The molecule has 2 rings (SSSR count). The zero-order valence-electron chi connectivity index (χ0n) is 10.9. The number of hydrogen-bond donors (Lipinski definition) is 2. The SMILES string of the molecule is CC(=N)/N=C\c1[nH]c(-c2c(F)ccc(C)c2F)cc1F. The molecule has 2 aromatic rings. The van der Waals surface area contributed by atoms with Gasteiger partial charge in [-0.1, -0.05) is 6.07 Å². The lowest BCUT2D eigenvalue weighted by Gasteiger charge is -2.05. The van der Waals surface area contributed by atoms with Crippen molar-refractivity contribution in [2.45, 2.75) is 13.8 Å². The van der Waals surface area contributed by atoms with E-state index in [-0.39, 0.29) is 28.4 Å². The molecular weight excluding hydrogens is 267 g/mol. The smallest absolute Gasteiger partial charge is 0.150 e. The maximum absolute atomic E-state index is 14.0. The minimum atomic E-state index is -0.777. The van der Waals surface area contributed by atoms with Gasteiger partial charge < -0.3 is 4.98 Å². The zero-order valence-corrected chi connectivity index (χ0v) is 10.9. The molecule has 2 N–H and O–H groups in total. The van der Waals surface area contributed by atoms with Crippen molar-refractivity contribution in [1.29, 1.82) is 5.41 Å². The van der Waals surface area contributed by atoms with Crippen molar-refractivity contribution < 1.29 is 13.2 Å². The van der Waals surface area contributed by atoms with Crippen LogP contribution in [0.2, 0.25) is 0 Å². The average Bonchev–Trinajstić information content (AvgIpc) is 2.73. The van der Waals surface area contributed by atoms with Crippen LogP contribution in [0, 0.1) is 29.8 Å². The van der Waals surface area contributed by atoms with Crippen molar-refractivity contribution in [2.75, 3.05) is 0 Å². The molecule has 0 atom stereocenters. The van der Waals surface area contributed by atoms with Gasteiger partial charge in [0.25, 0.3) is 0 Å². The van der Waals surface area contributed by atoms with E-state index in [9.17, 15) is 13.2 Å². The highest BCUT2D eigenvalue weighted by molar-refractivity contribution is 5.91. The van der Waals surface area contributed by atoms with Gasteiger partial charge in [-0.25, -0.2) is 18.2 Å². The maximum atomic E-state index is 14.0. The van der Waals surface area contributed by atoms with E-state index in [0.717, 1.165) is 18.3 Å². The van der Waals surface area contributed by atoms with Gasteiger partial charge >= 0.3 is 0 Å². The van der Waals surface area contributed by atoms with E-state index in [1.54, 1.807) is 0 Å². The van der Waals surface area contributed by atoms with E-state index in [1.165, 1.54) is 19.9 Å². The Bertz CT molecular complexity index is 702. The first kappa shape index (κ1) is 14.0. The number of aromatic nitrogens is 1. The molecule has 6 heteroatoms. The van der Waals surface area contributed by atoms with Gasteiger partial charge in [0.1, 0.15) is 23.3 Å². The molecule has 3 nitrogen and oxygen atoms in total. The largest absolute Gasteiger partial charge is 0.351 e. The van der Waals surface area contributed by atoms with Crippen LogP contribution in [0.3, 0.4) is 0 Å². The number of aryl methyl sites for hydroxylation is 1. The van der Waals surface area contributed by atoms with Gasteiger partial charge in [0, 0.05) is 6.07 Å². The van der Waals surface area contributed by atoms with Crippen molar-refractivity contribution in [3.8, 4) is 11.3 Å². The molecule has 20 heavy (non-hydrogen) atoms. The lowest BCUT2D eigenvalue weighted by atomic mass is 10.1. The fraction of sp³-hybridized carbons (Fsp3) is 0.143. The molecule has 0 spiro atoms. The van der Waals surface area contributed by atoms with Crippen LogP contribution in [-0.4, -0.2) is 17.0 Å². The fourth-order valence-electron chi connectivity index (χ4n) is 1.74. The highest BCUT2D eigenvalue weighted by Gasteiger charge is 2.17. The van der Waals surface area contributed by atoms with E-state index in [4.69, 9.17) is 5.41 Å². The molecule has 0 amide bonds. The van der Waals surface area contributed by atoms with Gasteiger partial charge in [0.2, 0.25) is 0 Å². The summed E-state index contributed by atoms with van der Waals surface area (Å²) < 4.78 is 41.3. The van der Waals surface area contributed by atoms with E-state index >= 15 is 0 Å². The number of benzene rings is 1. The summed E-state index contributed by atoms with van der Waals surface area (Å²) in [6, 6.07) is 3.44. The fourth-order valence-corrected chi connectivity index (χ4v) is 1.74. The van der Waals surface area contributed by atoms with Gasteiger partial charge in [-0.3, -0.25) is 5.41 Å². The first-order valence-electron chi connectivity index (χ1n) is 5.83. The molecule has 1 aromatic heterocycles. The predicted octanol–water partition coefficient (Wildman–Crippen LogP) is 3.82. The quantitative estimate of drug-likeness (QED) is 0.620. The second kappa shape index (κ2) is 5.32. The van der Waals surface area contributed by atoms with Gasteiger partial charge in [-0.15, -0.1) is 0 Å². The predicted molar refractivity (Wildman–Crippen MR) is 71.8 cm³/mol. The summed E-state index contributed by atoms with van der Waals surface area (Å²) in [5, 5.41) is 7.13. The van der Waals surface area contributed by atoms with Crippen LogP contribution >= 0.6 is 0 Å². The van der Waals surface area contributed by atoms with Gasteiger partial charge in [-0.2, -0.15) is 0 Å². The van der Waals surface area contributed by atoms with Crippen LogP contribution in [0.25, 0.3) is 11.3 Å². The van der Waals surface area contributed by atoms with E-state index in [1.807, 2.05) is 0 Å². The van der Waals surface area contributed by atoms with Crippen molar-refractivity contribution in [2.24, 2.45) is 4.99 Å². The van der Waals surface area contributed by atoms with Crippen molar-refractivity contribution >= 4 is 12.1 Å². The Morgan fingerprint density at radius 2 is 1.95 bits per heavy atom. The molecule has 0 fully saturated rings. The maximum Gasteiger partial charge on any atom is 0.150 e. The van der Waals surface area contributed by atoms with E-state index in [0.29, 0.717) is 0 Å². The van der Waals surface area contributed by atoms with Crippen LogP contribution in [-0.2, 0) is 0 Å². The van der Waals surface area contributed by atoms with Gasteiger partial charge in [-0.05, 0) is 25.5 Å². The summed E-state index contributed by atoms with van der Waals surface area (Å²) in [7, 11) is 0. The van der Waals surface area contributed by atoms with Crippen LogP contribution in [0.5, 0.6) is 0 Å². The Labute approximate surface area is 113 Å². The van der Waals surface area contributed by atoms with Gasteiger partial charge in [0.15, 0.2) is 0 Å². The molecule has 1 aromatic carbocycles. The molecule has 0 aliphatic heterocycles. The standard InChI is InChI=1S/C14H12F3N3/c1-7-3-4-9(15)13(14(7)17)11-5-10(16)12(20-11)6-19-8(2)18/h3-6,18,20H,1-2H3/b18-8?,19-6-. The van der Waals surface area contributed by atoms with Crippen LogP contribution in [0.4, 0.5) is 13.2 Å². The third kappa shape index (κ3) is 2.64. The first-order chi connectivity index (χ1) is 9.40. The Morgan fingerprint density at radius 1 is 1.25 bits per heavy atom. The van der Waals surface area contributed by atoms with Crippen LogP contribution in [0.1, 0.15) is 18.2 Å². The van der Waals surface area contributed by atoms with Crippen molar-refractivity contribution in [3.63, 3.8) is 0 Å². The molecule has 0 saturated heterocycles. The third-order valence-corrected chi connectivity index (χ3v) is 2.74. The highest BCUT2D eigenvalue weighted by atomic mass is 19.1. The normalized spacial score (nSPS) is 11.2. The molecule has 0 radical (unpaired) electrons. The number of aliphatic imine (C=N–C) groups is 1. The third-order valence-electron chi connectivity index (χ3n) is 2.74. The summed E-state index contributed by atoms with van der Waals surface area (Å²) in [5.74, 6) is -2.21. The molecule has 104 valence electrons. The molecule has 0 saturated carbocycles. The molecular formula is C14H12F3N3. The number of hydrogen-bond acceptors (Lipinski definition) is 1. The molecule has 0 aliphatic carbocycles. The van der Waals surface area contributed by atoms with E-state index < -0.39 is 17.5 Å². The highest BCUT2D eigenvalue weighted by Crippen LogP contribution is 2.28. The first-order valence-corrected chi connectivity index (χ1v) is 5.83. The average molecular weight is 279 g/mol. The topological polar surface area (TPSA) is 52.0 Å². The molecule has 0 unspecified atom stereocenters. The van der Waals surface area contributed by atoms with Crippen molar-refractivity contribution in [1.82, 2.24) is 4.98 Å². The summed E-state index contributed by atoms with van der Waals surface area (Å²) in [6.07, 6.45) is 1.10. The summed E-state index contributed by atoms with van der Waals surface area (Å²) in [5.41, 5.74) is -0.0886. The number of halogens is 3. The number of nitrogens with zero attached hydrogens (tertiary/aromatic N) is 1. The number of rotatable bonds is 2. The monoisotopic (exact) mass is 279 g/mol. The number of aromatic amines is 1. The van der Waals surface area contributed by atoms with Crippen molar-refractivity contribution in [3.05, 3.63) is 46.9 Å². The number of amidine groups is 1. The summed E-state index contributed by atoms with van der Waals surface area (Å²) in [6.45, 7) is 2.93. The molecule has 0 bridgehead atoms. The lowest BCUT2D eigenvalue weighted by molar-refractivity contribution is 0.583.